The van der Waals surface area contributed by atoms with E-state index in [0.717, 1.165) is 25.7 Å². The van der Waals surface area contributed by atoms with Gasteiger partial charge in [0.2, 0.25) is 11.8 Å². The molecule has 0 aromatic heterocycles. The number of hydrogen-bond donors (Lipinski definition) is 1. The molecule has 5 nitrogen and oxygen atoms in total. The molecule has 1 aliphatic carbocycles. The summed E-state index contributed by atoms with van der Waals surface area (Å²) in [6.45, 7) is 6.56. The van der Waals surface area contributed by atoms with Gasteiger partial charge >= 0.3 is 0 Å². The van der Waals surface area contributed by atoms with Crippen LogP contribution in [0.3, 0.4) is 0 Å². The number of amides is 2. The molecule has 1 aliphatic heterocycles. The summed E-state index contributed by atoms with van der Waals surface area (Å²) in [5, 5.41) is 0. The van der Waals surface area contributed by atoms with E-state index in [4.69, 9.17) is 5.73 Å². The van der Waals surface area contributed by atoms with E-state index in [1.54, 1.807) is 0 Å². The number of carbonyl (C=O) groups is 2. The minimum Gasteiger partial charge on any atom is -0.339 e. The first-order valence-corrected chi connectivity index (χ1v) is 7.82. The predicted octanol–water partition coefficient (Wildman–Crippen LogP) is 0.831. The number of nitrogens with zero attached hydrogens (tertiary/aromatic N) is 2. The van der Waals surface area contributed by atoms with Crippen LogP contribution in [0.2, 0.25) is 0 Å². The van der Waals surface area contributed by atoms with E-state index in [1.807, 2.05) is 23.6 Å². The lowest BCUT2D eigenvalue weighted by atomic mass is 9.85. The van der Waals surface area contributed by atoms with Crippen LogP contribution in [0, 0.1) is 11.8 Å². The summed E-state index contributed by atoms with van der Waals surface area (Å²) in [6.07, 6.45) is 3.76. The van der Waals surface area contributed by atoms with Crippen LogP contribution >= 0.6 is 0 Å². The van der Waals surface area contributed by atoms with Gasteiger partial charge < -0.3 is 15.5 Å². The molecule has 114 valence electrons. The van der Waals surface area contributed by atoms with Gasteiger partial charge in [-0.3, -0.25) is 9.59 Å². The molecular weight excluding hydrogens is 254 g/mol. The molecule has 0 radical (unpaired) electrons. The Morgan fingerprint density at radius 1 is 0.950 bits per heavy atom. The summed E-state index contributed by atoms with van der Waals surface area (Å²) in [5.41, 5.74) is 5.89. The molecular formula is C15H27N3O2. The second-order valence-corrected chi connectivity index (χ2v) is 6.42. The van der Waals surface area contributed by atoms with E-state index in [9.17, 15) is 9.59 Å². The Hall–Kier alpha value is -1.10. The molecule has 0 unspecified atom stereocenters. The highest BCUT2D eigenvalue weighted by molar-refractivity contribution is 5.80. The molecule has 0 aromatic rings. The van der Waals surface area contributed by atoms with Gasteiger partial charge in [0.15, 0.2) is 0 Å². The topological polar surface area (TPSA) is 66.6 Å². The first kappa shape index (κ1) is 15.3. The van der Waals surface area contributed by atoms with Gasteiger partial charge in [0, 0.05) is 44.1 Å². The molecule has 2 fully saturated rings. The zero-order chi connectivity index (χ0) is 14.7. The second kappa shape index (κ2) is 6.57. The molecule has 2 rings (SSSR count). The van der Waals surface area contributed by atoms with Crippen molar-refractivity contribution in [3.05, 3.63) is 0 Å². The van der Waals surface area contributed by atoms with Crippen molar-refractivity contribution in [2.75, 3.05) is 26.2 Å². The zero-order valence-corrected chi connectivity index (χ0v) is 12.7. The molecule has 2 amide bonds. The number of carbonyl (C=O) groups excluding carboxylic acids is 2. The van der Waals surface area contributed by atoms with Crippen molar-refractivity contribution < 1.29 is 9.59 Å². The highest BCUT2D eigenvalue weighted by atomic mass is 16.2. The molecule has 1 saturated heterocycles. The van der Waals surface area contributed by atoms with Crippen molar-refractivity contribution in [3.63, 3.8) is 0 Å². The number of nitrogens with two attached hydrogens (primary N) is 1. The van der Waals surface area contributed by atoms with Crippen molar-refractivity contribution in [2.24, 2.45) is 17.6 Å². The highest BCUT2D eigenvalue weighted by Crippen LogP contribution is 2.25. The normalized spacial score (nSPS) is 27.8. The van der Waals surface area contributed by atoms with Crippen LogP contribution < -0.4 is 5.73 Å². The van der Waals surface area contributed by atoms with Gasteiger partial charge in [-0.25, -0.2) is 0 Å². The molecule has 2 N–H and O–H groups in total. The molecule has 1 saturated carbocycles. The minimum atomic E-state index is 0.0390. The van der Waals surface area contributed by atoms with Crippen LogP contribution in [0.4, 0.5) is 0 Å². The largest absolute Gasteiger partial charge is 0.339 e. The first-order valence-electron chi connectivity index (χ1n) is 7.82. The van der Waals surface area contributed by atoms with E-state index in [0.29, 0.717) is 26.2 Å². The summed E-state index contributed by atoms with van der Waals surface area (Å²) in [6, 6.07) is 0.277. The Morgan fingerprint density at radius 2 is 1.45 bits per heavy atom. The van der Waals surface area contributed by atoms with E-state index in [1.165, 1.54) is 0 Å². The van der Waals surface area contributed by atoms with Crippen LogP contribution in [0.25, 0.3) is 0 Å². The first-order chi connectivity index (χ1) is 9.49. The summed E-state index contributed by atoms with van der Waals surface area (Å²) >= 11 is 0. The lowest BCUT2D eigenvalue weighted by molar-refractivity contribution is -0.144. The lowest BCUT2D eigenvalue weighted by Crippen LogP contribution is -2.53. The SMILES string of the molecule is CC(C)C(=O)N1CCN(C(=O)C2CCC(N)CC2)CC1. The fraction of sp³-hybridized carbons (Fsp3) is 0.867. The minimum absolute atomic E-state index is 0.0390. The molecule has 1 heterocycles. The van der Waals surface area contributed by atoms with Crippen molar-refractivity contribution in [2.45, 2.75) is 45.6 Å². The van der Waals surface area contributed by atoms with E-state index >= 15 is 0 Å². The van der Waals surface area contributed by atoms with E-state index < -0.39 is 0 Å². The van der Waals surface area contributed by atoms with E-state index in [-0.39, 0.29) is 29.7 Å². The van der Waals surface area contributed by atoms with Gasteiger partial charge in [-0.1, -0.05) is 13.8 Å². The summed E-state index contributed by atoms with van der Waals surface area (Å²) < 4.78 is 0. The van der Waals surface area contributed by atoms with Crippen LogP contribution in [-0.4, -0.2) is 53.8 Å². The van der Waals surface area contributed by atoms with Gasteiger partial charge in [0.25, 0.3) is 0 Å². The highest BCUT2D eigenvalue weighted by Gasteiger charge is 2.31. The van der Waals surface area contributed by atoms with Crippen molar-refractivity contribution in [3.8, 4) is 0 Å². The average molecular weight is 281 g/mol. The van der Waals surface area contributed by atoms with Gasteiger partial charge in [-0.15, -0.1) is 0 Å². The number of piperazine rings is 1. The molecule has 0 bridgehead atoms. The smallest absolute Gasteiger partial charge is 0.225 e. The summed E-state index contributed by atoms with van der Waals surface area (Å²) in [5.74, 6) is 0.661. The monoisotopic (exact) mass is 281 g/mol. The Kier molecular flexibility index (Phi) is 5.02. The average Bonchev–Trinajstić information content (AvgIpc) is 2.46. The van der Waals surface area contributed by atoms with Crippen LogP contribution in [-0.2, 0) is 9.59 Å². The Bertz CT molecular complexity index is 354. The molecule has 0 spiro atoms. The van der Waals surface area contributed by atoms with Crippen molar-refractivity contribution in [1.82, 2.24) is 9.80 Å². The Morgan fingerprint density at radius 3 is 1.95 bits per heavy atom. The summed E-state index contributed by atoms with van der Waals surface area (Å²) in [4.78, 5) is 28.2. The fourth-order valence-electron chi connectivity index (χ4n) is 3.14. The van der Waals surface area contributed by atoms with Gasteiger partial charge in [0.05, 0.1) is 0 Å². The van der Waals surface area contributed by atoms with E-state index in [2.05, 4.69) is 0 Å². The number of hydrogen-bond acceptors (Lipinski definition) is 3. The quantitative estimate of drug-likeness (QED) is 0.815. The molecule has 0 aromatic carbocycles. The van der Waals surface area contributed by atoms with Gasteiger partial charge in [0.1, 0.15) is 0 Å². The predicted molar refractivity (Wildman–Crippen MR) is 77.9 cm³/mol. The fourth-order valence-corrected chi connectivity index (χ4v) is 3.14. The van der Waals surface area contributed by atoms with Gasteiger partial charge in [-0.05, 0) is 25.7 Å². The maximum Gasteiger partial charge on any atom is 0.225 e. The lowest BCUT2D eigenvalue weighted by Gasteiger charge is -2.38. The Labute approximate surface area is 121 Å². The van der Waals surface area contributed by atoms with Crippen molar-refractivity contribution >= 4 is 11.8 Å². The van der Waals surface area contributed by atoms with Crippen LogP contribution in [0.15, 0.2) is 0 Å². The summed E-state index contributed by atoms with van der Waals surface area (Å²) in [7, 11) is 0. The van der Waals surface area contributed by atoms with Crippen molar-refractivity contribution in [1.29, 1.82) is 0 Å². The number of rotatable bonds is 2. The molecule has 5 heteroatoms. The Balaban J connectivity index is 1.81. The molecule has 0 atom stereocenters. The second-order valence-electron chi connectivity index (χ2n) is 6.42. The standard InChI is InChI=1S/C15H27N3O2/c1-11(2)14(19)17-7-9-18(10-8-17)15(20)12-3-5-13(16)6-4-12/h11-13H,3-10,16H2,1-2H3. The maximum atomic E-state index is 12.5. The molecule has 20 heavy (non-hydrogen) atoms. The molecule has 2 aliphatic rings. The maximum absolute atomic E-state index is 12.5. The van der Waals surface area contributed by atoms with Crippen LogP contribution in [0.5, 0.6) is 0 Å². The third-order valence-corrected chi connectivity index (χ3v) is 4.52. The van der Waals surface area contributed by atoms with Gasteiger partial charge in [-0.2, -0.15) is 0 Å². The third-order valence-electron chi connectivity index (χ3n) is 4.52. The third kappa shape index (κ3) is 3.51. The zero-order valence-electron chi connectivity index (χ0n) is 12.7. The van der Waals surface area contributed by atoms with Crippen LogP contribution in [0.1, 0.15) is 39.5 Å².